The van der Waals surface area contributed by atoms with Crippen molar-refractivity contribution in [1.29, 1.82) is 0 Å². The predicted octanol–water partition coefficient (Wildman–Crippen LogP) is 4.13. The summed E-state index contributed by atoms with van der Waals surface area (Å²) in [5.41, 5.74) is 2.85. The molecule has 0 radical (unpaired) electrons. The highest BCUT2D eigenvalue weighted by molar-refractivity contribution is 14.0. The van der Waals surface area contributed by atoms with E-state index in [0.29, 0.717) is 19.0 Å². The molecular formula is C20H23FIN5O2. The van der Waals surface area contributed by atoms with E-state index in [0.717, 1.165) is 35.0 Å². The van der Waals surface area contributed by atoms with Crippen molar-refractivity contribution in [2.45, 2.75) is 19.9 Å². The van der Waals surface area contributed by atoms with Gasteiger partial charge in [-0.2, -0.15) is 0 Å². The van der Waals surface area contributed by atoms with Gasteiger partial charge in [-0.25, -0.2) is 9.38 Å². The first kappa shape index (κ1) is 22.6. The van der Waals surface area contributed by atoms with Crippen LogP contribution in [0.5, 0.6) is 0 Å². The number of H-pyrrole nitrogens is 1. The first-order valence-electron chi connectivity index (χ1n) is 9.08. The molecule has 1 heterocycles. The minimum atomic E-state index is -0.419. The number of fused-ring (bicyclic) bond motifs is 1. The Kier molecular flexibility index (Phi) is 8.37. The first-order chi connectivity index (χ1) is 13.6. The molecule has 9 heteroatoms. The quantitative estimate of drug-likeness (QED) is 0.146. The highest BCUT2D eigenvalue weighted by atomic mass is 127. The largest absolute Gasteiger partial charge is 0.361 e. The number of non-ortho nitro benzene ring substituents is 1. The molecular weight excluding hydrogens is 488 g/mol. The number of nitrogens with zero attached hydrogens (tertiary/aromatic N) is 2. The van der Waals surface area contributed by atoms with Crippen LogP contribution in [-0.2, 0) is 13.0 Å². The Morgan fingerprint density at radius 2 is 1.97 bits per heavy atom. The number of benzene rings is 2. The number of halogens is 2. The van der Waals surface area contributed by atoms with Crippen molar-refractivity contribution in [3.63, 3.8) is 0 Å². The van der Waals surface area contributed by atoms with E-state index in [1.54, 1.807) is 18.2 Å². The number of nitrogens with one attached hydrogen (secondary N) is 3. The lowest BCUT2D eigenvalue weighted by molar-refractivity contribution is -0.384. The van der Waals surface area contributed by atoms with E-state index in [1.165, 1.54) is 24.3 Å². The molecule has 3 N–H and O–H groups in total. The molecule has 3 aromatic rings. The van der Waals surface area contributed by atoms with Crippen LogP contribution >= 0.6 is 24.0 Å². The molecule has 0 aliphatic carbocycles. The average molecular weight is 511 g/mol. The lowest BCUT2D eigenvalue weighted by atomic mass is 10.1. The molecule has 0 spiro atoms. The Bertz CT molecular complexity index is 988. The van der Waals surface area contributed by atoms with Crippen molar-refractivity contribution >= 4 is 46.5 Å². The normalized spacial score (nSPS) is 11.2. The topological polar surface area (TPSA) is 95.3 Å². The molecule has 3 rings (SSSR count). The maximum Gasteiger partial charge on any atom is 0.269 e. The smallest absolute Gasteiger partial charge is 0.269 e. The van der Waals surface area contributed by atoms with Crippen molar-refractivity contribution in [2.75, 3.05) is 13.1 Å². The number of nitro benzene ring substituents is 1. The highest BCUT2D eigenvalue weighted by Gasteiger charge is 2.06. The van der Waals surface area contributed by atoms with Crippen molar-refractivity contribution in [1.82, 2.24) is 15.6 Å². The Balaban J connectivity index is 0.00000300. The van der Waals surface area contributed by atoms with E-state index >= 15 is 0 Å². The van der Waals surface area contributed by atoms with Crippen molar-refractivity contribution < 1.29 is 9.31 Å². The SMILES string of the molecule is CCNC(=NCc1ccc([N+](=O)[O-])cc1)NCCc1c[nH]c2cc(F)ccc12.I. The minimum Gasteiger partial charge on any atom is -0.361 e. The molecule has 0 atom stereocenters. The third-order valence-electron chi connectivity index (χ3n) is 4.33. The van der Waals surface area contributed by atoms with Crippen LogP contribution in [0.15, 0.2) is 53.7 Å². The molecule has 2 aromatic carbocycles. The zero-order valence-electron chi connectivity index (χ0n) is 15.9. The van der Waals surface area contributed by atoms with Gasteiger partial charge in [0.15, 0.2) is 5.96 Å². The van der Waals surface area contributed by atoms with Gasteiger partial charge in [-0.15, -0.1) is 24.0 Å². The highest BCUT2D eigenvalue weighted by Crippen LogP contribution is 2.19. The Morgan fingerprint density at radius 3 is 2.66 bits per heavy atom. The molecule has 29 heavy (non-hydrogen) atoms. The van der Waals surface area contributed by atoms with Crippen LogP contribution in [0.25, 0.3) is 10.9 Å². The molecule has 0 fully saturated rings. The van der Waals surface area contributed by atoms with Crippen molar-refractivity contribution in [3.8, 4) is 0 Å². The van der Waals surface area contributed by atoms with Crippen LogP contribution in [0.3, 0.4) is 0 Å². The average Bonchev–Trinajstić information content (AvgIpc) is 3.08. The fourth-order valence-corrected chi connectivity index (χ4v) is 2.92. The summed E-state index contributed by atoms with van der Waals surface area (Å²) in [6.45, 7) is 3.78. The third kappa shape index (κ3) is 6.14. The van der Waals surface area contributed by atoms with Gasteiger partial charge in [0.25, 0.3) is 5.69 Å². The number of hydrogen-bond donors (Lipinski definition) is 3. The molecule has 1 aromatic heterocycles. The van der Waals surface area contributed by atoms with Gasteiger partial charge < -0.3 is 15.6 Å². The van der Waals surface area contributed by atoms with Gasteiger partial charge in [0.2, 0.25) is 0 Å². The summed E-state index contributed by atoms with van der Waals surface area (Å²) in [7, 11) is 0. The van der Waals surface area contributed by atoms with Crippen LogP contribution < -0.4 is 10.6 Å². The molecule has 0 aliphatic heterocycles. The summed E-state index contributed by atoms with van der Waals surface area (Å²) in [5, 5.41) is 18.2. The van der Waals surface area contributed by atoms with Crippen molar-refractivity contribution in [2.24, 2.45) is 4.99 Å². The molecule has 0 saturated heterocycles. The number of aliphatic imine (C=N–C) groups is 1. The molecule has 0 saturated carbocycles. The fraction of sp³-hybridized carbons (Fsp3) is 0.250. The second-order valence-corrected chi connectivity index (χ2v) is 6.30. The third-order valence-corrected chi connectivity index (χ3v) is 4.33. The van der Waals surface area contributed by atoms with Gasteiger partial charge in [0, 0.05) is 42.3 Å². The Hall–Kier alpha value is -2.69. The van der Waals surface area contributed by atoms with Crippen molar-refractivity contribution in [3.05, 3.63) is 75.7 Å². The van der Waals surface area contributed by atoms with E-state index in [2.05, 4.69) is 20.6 Å². The Labute approximate surface area is 185 Å². The summed E-state index contributed by atoms with van der Waals surface area (Å²) in [4.78, 5) is 17.9. The summed E-state index contributed by atoms with van der Waals surface area (Å²) < 4.78 is 13.3. The standard InChI is InChI=1S/C20H22FN5O2.HI/c1-2-22-20(25-12-14-3-6-17(7-4-14)26(27)28)23-10-9-15-13-24-19-11-16(21)5-8-18(15)19;/h3-8,11,13,24H,2,9-10,12H2,1H3,(H2,22,23,25);1H. The maximum absolute atomic E-state index is 13.3. The van der Waals surface area contributed by atoms with Gasteiger partial charge in [-0.1, -0.05) is 12.1 Å². The number of rotatable bonds is 7. The van der Waals surface area contributed by atoms with Crippen LogP contribution in [0.2, 0.25) is 0 Å². The molecule has 0 amide bonds. The van der Waals surface area contributed by atoms with Gasteiger partial charge >= 0.3 is 0 Å². The maximum atomic E-state index is 13.3. The number of guanidine groups is 1. The summed E-state index contributed by atoms with van der Waals surface area (Å²) in [6.07, 6.45) is 2.65. The van der Waals surface area contributed by atoms with Crippen LogP contribution in [-0.4, -0.2) is 29.0 Å². The zero-order chi connectivity index (χ0) is 19.9. The van der Waals surface area contributed by atoms with E-state index in [4.69, 9.17) is 0 Å². The molecule has 154 valence electrons. The lowest BCUT2D eigenvalue weighted by Crippen LogP contribution is -2.38. The van der Waals surface area contributed by atoms with E-state index < -0.39 is 4.92 Å². The van der Waals surface area contributed by atoms with Crippen LogP contribution in [0.4, 0.5) is 10.1 Å². The predicted molar refractivity (Wildman–Crippen MR) is 123 cm³/mol. The molecule has 0 bridgehead atoms. The second-order valence-electron chi connectivity index (χ2n) is 6.30. The monoisotopic (exact) mass is 511 g/mol. The number of aromatic amines is 1. The number of aromatic nitrogens is 1. The number of hydrogen-bond acceptors (Lipinski definition) is 3. The van der Waals surface area contributed by atoms with Crippen LogP contribution in [0.1, 0.15) is 18.1 Å². The zero-order valence-corrected chi connectivity index (χ0v) is 18.3. The molecule has 0 unspecified atom stereocenters. The summed E-state index contributed by atoms with van der Waals surface area (Å²) >= 11 is 0. The van der Waals surface area contributed by atoms with E-state index in [1.807, 2.05) is 13.1 Å². The number of nitro groups is 1. The fourth-order valence-electron chi connectivity index (χ4n) is 2.92. The van der Waals surface area contributed by atoms with Gasteiger partial charge in [0.1, 0.15) is 5.82 Å². The van der Waals surface area contributed by atoms with Crippen LogP contribution in [0, 0.1) is 15.9 Å². The lowest BCUT2D eigenvalue weighted by Gasteiger charge is -2.11. The Morgan fingerprint density at radius 1 is 1.21 bits per heavy atom. The van der Waals surface area contributed by atoms with E-state index in [9.17, 15) is 14.5 Å². The summed E-state index contributed by atoms with van der Waals surface area (Å²) in [5.74, 6) is 0.415. The minimum absolute atomic E-state index is 0. The summed E-state index contributed by atoms with van der Waals surface area (Å²) in [6, 6.07) is 11.1. The molecule has 0 aliphatic rings. The molecule has 7 nitrogen and oxygen atoms in total. The second kappa shape index (κ2) is 10.7. The van der Waals surface area contributed by atoms with Gasteiger partial charge in [-0.3, -0.25) is 10.1 Å². The van der Waals surface area contributed by atoms with Gasteiger partial charge in [-0.05, 0) is 42.7 Å². The first-order valence-corrected chi connectivity index (χ1v) is 9.08. The van der Waals surface area contributed by atoms with Gasteiger partial charge in [0.05, 0.1) is 11.5 Å². The van der Waals surface area contributed by atoms with E-state index in [-0.39, 0.29) is 35.5 Å².